The summed E-state index contributed by atoms with van der Waals surface area (Å²) >= 11 is 0. The van der Waals surface area contributed by atoms with Crippen molar-refractivity contribution in [3.63, 3.8) is 0 Å². The molecule has 2 amide bonds. The number of Topliss-reactive ketones (excluding diaryl/α,β-unsaturated/α-hetero) is 1. The molecule has 1 heterocycles. The lowest BCUT2D eigenvalue weighted by atomic mass is 9.79. The summed E-state index contributed by atoms with van der Waals surface area (Å²) in [5, 5.41) is 9.07. The molecular formula is C28H34N4O3. The monoisotopic (exact) mass is 474 g/mol. The highest BCUT2D eigenvalue weighted by Gasteiger charge is 2.42. The molecule has 0 spiro atoms. The molecule has 2 saturated carbocycles. The first kappa shape index (κ1) is 24.7. The molecule has 3 fully saturated rings. The average molecular weight is 475 g/mol. The first-order chi connectivity index (χ1) is 16.8. The Bertz CT molecular complexity index is 1080. The Hall–Kier alpha value is -3.40. The summed E-state index contributed by atoms with van der Waals surface area (Å²) in [5.41, 5.74) is 1.10. The van der Waals surface area contributed by atoms with Crippen LogP contribution in [0.5, 0.6) is 0 Å². The number of hydrogen-bond donors (Lipinski definition) is 3. The van der Waals surface area contributed by atoms with Gasteiger partial charge in [0.2, 0.25) is 11.8 Å². The molecule has 4 rings (SSSR count). The van der Waals surface area contributed by atoms with E-state index in [1.807, 2.05) is 0 Å². The number of aliphatic imine (C=N–C) groups is 1. The number of hydrogen-bond acceptors (Lipinski definition) is 5. The molecule has 1 aliphatic heterocycles. The van der Waals surface area contributed by atoms with E-state index in [0.717, 1.165) is 38.5 Å². The maximum absolute atomic E-state index is 13.2. The first-order valence-electron chi connectivity index (χ1n) is 12.5. The Morgan fingerprint density at radius 3 is 2.66 bits per heavy atom. The van der Waals surface area contributed by atoms with Gasteiger partial charge in [0.05, 0.1) is 11.9 Å². The van der Waals surface area contributed by atoms with E-state index in [4.69, 9.17) is 6.42 Å². The second kappa shape index (κ2) is 10.5. The van der Waals surface area contributed by atoms with Gasteiger partial charge in [-0.05, 0) is 63.4 Å². The Labute approximate surface area is 207 Å². The highest BCUT2D eigenvalue weighted by Crippen LogP contribution is 2.41. The van der Waals surface area contributed by atoms with Gasteiger partial charge in [-0.25, -0.2) is 4.99 Å². The van der Waals surface area contributed by atoms with Crippen LogP contribution < -0.4 is 16.0 Å². The minimum Gasteiger partial charge on any atom is -0.347 e. The molecule has 0 bridgehead atoms. The highest BCUT2D eigenvalue weighted by molar-refractivity contribution is 6.01. The molecule has 2 unspecified atom stereocenters. The van der Waals surface area contributed by atoms with Crippen molar-refractivity contribution in [3.8, 4) is 12.3 Å². The lowest BCUT2D eigenvalue weighted by Gasteiger charge is -2.35. The van der Waals surface area contributed by atoms with Gasteiger partial charge in [0.1, 0.15) is 5.82 Å². The van der Waals surface area contributed by atoms with Crippen LogP contribution in [-0.4, -0.2) is 29.4 Å². The normalized spacial score (nSPS) is 27.7. The van der Waals surface area contributed by atoms with E-state index in [2.05, 4.69) is 40.4 Å². The number of nitrogens with zero attached hydrogens (tertiary/aromatic N) is 1. The first-order valence-corrected chi connectivity index (χ1v) is 12.5. The van der Waals surface area contributed by atoms with Crippen molar-refractivity contribution in [2.24, 2.45) is 22.7 Å². The molecule has 1 saturated heterocycles. The van der Waals surface area contributed by atoms with Gasteiger partial charge in [-0.2, -0.15) is 0 Å². The van der Waals surface area contributed by atoms with Crippen LogP contribution in [0.25, 0.3) is 0 Å². The Morgan fingerprint density at radius 2 is 1.97 bits per heavy atom. The third kappa shape index (κ3) is 6.00. The lowest BCUT2D eigenvalue weighted by molar-refractivity contribution is -0.122. The molecule has 0 aromatic rings. The molecule has 0 radical (unpaired) electrons. The highest BCUT2D eigenvalue weighted by atomic mass is 16.2. The summed E-state index contributed by atoms with van der Waals surface area (Å²) in [4.78, 5) is 42.6. The summed E-state index contributed by atoms with van der Waals surface area (Å²) in [5.74, 6) is 2.76. The Balaban J connectivity index is 1.51. The summed E-state index contributed by atoms with van der Waals surface area (Å²) < 4.78 is 0. The van der Waals surface area contributed by atoms with E-state index < -0.39 is 0 Å². The number of rotatable bonds is 7. The minimum absolute atomic E-state index is 0.0395. The number of allylic oxidation sites excluding steroid dienone is 4. The molecule has 2 atom stereocenters. The zero-order valence-electron chi connectivity index (χ0n) is 20.4. The van der Waals surface area contributed by atoms with E-state index in [1.165, 1.54) is 25.1 Å². The van der Waals surface area contributed by atoms with Crippen molar-refractivity contribution in [1.82, 2.24) is 16.0 Å². The van der Waals surface area contributed by atoms with Crippen LogP contribution in [0.2, 0.25) is 0 Å². The van der Waals surface area contributed by atoms with Gasteiger partial charge in [-0.3, -0.25) is 14.4 Å². The van der Waals surface area contributed by atoms with Gasteiger partial charge >= 0.3 is 0 Å². The molecule has 3 aliphatic carbocycles. The van der Waals surface area contributed by atoms with Gasteiger partial charge in [0.25, 0.3) is 0 Å². The summed E-state index contributed by atoms with van der Waals surface area (Å²) in [6, 6.07) is 0. The number of terminal acetylenes is 1. The zero-order valence-corrected chi connectivity index (χ0v) is 20.4. The number of amides is 2. The van der Waals surface area contributed by atoms with Gasteiger partial charge in [0, 0.05) is 35.2 Å². The SMILES string of the molecule is C#C/C=N\C(=C/C(=C)NC(=O)C1CC1)NC1=CC=C2C(=O)NC(C)(C3CCCC3)CCC2CC1=O. The molecule has 0 aromatic heterocycles. The van der Waals surface area contributed by atoms with Gasteiger partial charge in [0.15, 0.2) is 5.78 Å². The molecular weight excluding hydrogens is 440 g/mol. The van der Waals surface area contributed by atoms with E-state index in [0.29, 0.717) is 22.9 Å². The maximum atomic E-state index is 13.2. The molecule has 7 nitrogen and oxygen atoms in total. The van der Waals surface area contributed by atoms with Crippen LogP contribution in [0.4, 0.5) is 0 Å². The number of carbonyl (C=O) groups is 3. The molecule has 0 aromatic carbocycles. The fourth-order valence-electron chi connectivity index (χ4n) is 5.37. The van der Waals surface area contributed by atoms with Gasteiger partial charge in [-0.1, -0.05) is 31.4 Å². The average Bonchev–Trinajstić information content (AvgIpc) is 3.56. The van der Waals surface area contributed by atoms with Crippen LogP contribution in [0.15, 0.2) is 52.6 Å². The Kier molecular flexibility index (Phi) is 7.39. The van der Waals surface area contributed by atoms with Crippen molar-refractivity contribution >= 4 is 23.8 Å². The predicted octanol–water partition coefficient (Wildman–Crippen LogP) is 3.42. The fraction of sp³-hybridized carbons (Fsp3) is 0.500. The zero-order chi connectivity index (χ0) is 25.0. The largest absolute Gasteiger partial charge is 0.347 e. The summed E-state index contributed by atoms with van der Waals surface area (Å²) in [7, 11) is 0. The standard InChI is InChI=1S/C28H34N4O3/c1-4-15-29-25(16-18(2)30-26(34)19-9-10-19)31-23-12-11-22-20(17-24(23)33)13-14-28(3,32-27(22)35)21-7-5-6-8-21/h1,11-12,15-16,19-21,31H,2,5-10,13-14,17H2,3H3,(H,30,34)(H,32,35)/b25-16+,29-15-. The molecule has 4 aliphatic rings. The number of carbonyl (C=O) groups excluding carboxylic acids is 3. The van der Waals surface area contributed by atoms with Crippen LogP contribution in [-0.2, 0) is 14.4 Å². The predicted molar refractivity (Wildman–Crippen MR) is 136 cm³/mol. The maximum Gasteiger partial charge on any atom is 0.247 e. The van der Waals surface area contributed by atoms with Crippen molar-refractivity contribution in [2.75, 3.05) is 0 Å². The number of nitrogens with one attached hydrogen (secondary N) is 3. The lowest BCUT2D eigenvalue weighted by Crippen LogP contribution is -2.50. The van der Waals surface area contributed by atoms with E-state index in [1.54, 1.807) is 12.2 Å². The third-order valence-electron chi connectivity index (χ3n) is 7.61. The molecule has 35 heavy (non-hydrogen) atoms. The third-order valence-corrected chi connectivity index (χ3v) is 7.61. The smallest absolute Gasteiger partial charge is 0.247 e. The van der Waals surface area contributed by atoms with E-state index in [9.17, 15) is 14.4 Å². The van der Waals surface area contributed by atoms with E-state index in [-0.39, 0.29) is 47.2 Å². The van der Waals surface area contributed by atoms with Crippen molar-refractivity contribution in [2.45, 2.75) is 70.3 Å². The molecule has 7 heteroatoms. The number of ketones is 1. The summed E-state index contributed by atoms with van der Waals surface area (Å²) in [6.45, 7) is 6.03. The summed E-state index contributed by atoms with van der Waals surface area (Å²) in [6.07, 6.45) is 19.9. The van der Waals surface area contributed by atoms with Gasteiger partial charge < -0.3 is 16.0 Å². The van der Waals surface area contributed by atoms with Crippen LogP contribution in [0.3, 0.4) is 0 Å². The van der Waals surface area contributed by atoms with E-state index >= 15 is 0 Å². The topological polar surface area (TPSA) is 99.7 Å². The fourth-order valence-corrected chi connectivity index (χ4v) is 5.37. The number of fused-ring (bicyclic) bond motifs is 1. The van der Waals surface area contributed by atoms with Crippen molar-refractivity contribution < 1.29 is 14.4 Å². The second-order valence-electron chi connectivity index (χ2n) is 10.3. The minimum atomic E-state index is -0.223. The van der Waals surface area contributed by atoms with Crippen LogP contribution in [0, 0.1) is 30.1 Å². The molecule has 3 N–H and O–H groups in total. The van der Waals surface area contributed by atoms with Gasteiger partial charge in [-0.15, -0.1) is 6.42 Å². The Morgan fingerprint density at radius 1 is 1.23 bits per heavy atom. The van der Waals surface area contributed by atoms with Crippen LogP contribution in [0.1, 0.15) is 64.7 Å². The second-order valence-corrected chi connectivity index (χ2v) is 10.3. The van der Waals surface area contributed by atoms with Crippen LogP contribution >= 0.6 is 0 Å². The quantitative estimate of drug-likeness (QED) is 0.299. The van der Waals surface area contributed by atoms with Crippen molar-refractivity contribution in [3.05, 3.63) is 47.6 Å². The molecule has 184 valence electrons. The van der Waals surface area contributed by atoms with Crippen molar-refractivity contribution in [1.29, 1.82) is 0 Å².